The van der Waals surface area contributed by atoms with Crippen molar-refractivity contribution in [2.75, 3.05) is 6.61 Å². The van der Waals surface area contributed by atoms with Gasteiger partial charge in [0.2, 0.25) is 0 Å². The van der Waals surface area contributed by atoms with Crippen molar-refractivity contribution in [1.29, 1.82) is 0 Å². The highest BCUT2D eigenvalue weighted by atomic mass is 16.5. The van der Waals surface area contributed by atoms with Crippen LogP contribution in [-0.4, -0.2) is 18.4 Å². The summed E-state index contributed by atoms with van der Waals surface area (Å²) in [6.45, 7) is 5.31. The van der Waals surface area contributed by atoms with Crippen LogP contribution in [0, 0.1) is 0 Å². The van der Waals surface area contributed by atoms with Crippen LogP contribution in [0.1, 0.15) is 27.2 Å². The Morgan fingerprint density at radius 1 is 1.50 bits per heavy atom. The molecule has 1 aliphatic carbocycles. The van der Waals surface area contributed by atoms with Crippen LogP contribution in [0.15, 0.2) is 22.8 Å². The number of hydrogen-bond donors (Lipinski definition) is 0. The van der Waals surface area contributed by atoms with Gasteiger partial charge < -0.3 is 4.74 Å². The number of rotatable bonds is 2. The van der Waals surface area contributed by atoms with Crippen LogP contribution >= 0.6 is 0 Å². The molecule has 1 rings (SSSR count). The molecular weight excluding hydrogens is 180 g/mol. The van der Waals surface area contributed by atoms with Crippen LogP contribution in [0.3, 0.4) is 0 Å². The Bertz CT molecular complexity index is 334. The quantitative estimate of drug-likeness (QED) is 0.497. The van der Waals surface area contributed by atoms with Crippen LogP contribution in [0.4, 0.5) is 0 Å². The summed E-state index contributed by atoms with van der Waals surface area (Å²) < 4.78 is 4.74. The SMILES string of the molecule is CC(=O)OC/C=C1/CC(C)=C(C)C1=O. The van der Waals surface area contributed by atoms with E-state index in [4.69, 9.17) is 4.74 Å². The maximum absolute atomic E-state index is 11.5. The molecule has 0 unspecified atom stereocenters. The predicted octanol–water partition coefficient (Wildman–Crippen LogP) is 1.79. The van der Waals surface area contributed by atoms with Crippen molar-refractivity contribution in [2.24, 2.45) is 0 Å². The van der Waals surface area contributed by atoms with E-state index in [0.717, 1.165) is 16.7 Å². The standard InChI is InChI=1S/C11H14O3/c1-7-6-10(11(13)8(7)2)4-5-14-9(3)12/h4H,5-6H2,1-3H3/b10-4-. The minimum Gasteiger partial charge on any atom is -0.462 e. The Balaban J connectivity index is 2.58. The third kappa shape index (κ3) is 2.31. The molecule has 0 spiro atoms. The highest BCUT2D eigenvalue weighted by Gasteiger charge is 2.21. The van der Waals surface area contributed by atoms with E-state index in [1.54, 1.807) is 6.08 Å². The first kappa shape index (κ1) is 10.7. The second-order valence-electron chi connectivity index (χ2n) is 3.44. The van der Waals surface area contributed by atoms with Crippen molar-refractivity contribution in [2.45, 2.75) is 27.2 Å². The van der Waals surface area contributed by atoms with Crippen LogP contribution in [-0.2, 0) is 14.3 Å². The Morgan fingerprint density at radius 3 is 2.57 bits per heavy atom. The molecule has 76 valence electrons. The van der Waals surface area contributed by atoms with E-state index in [-0.39, 0.29) is 18.4 Å². The molecule has 3 heteroatoms. The number of Topliss-reactive ketones (excluding diaryl/α,β-unsaturated/α-hetero) is 1. The number of hydrogen-bond acceptors (Lipinski definition) is 3. The highest BCUT2D eigenvalue weighted by molar-refractivity contribution is 6.11. The zero-order valence-corrected chi connectivity index (χ0v) is 8.72. The molecule has 0 bridgehead atoms. The summed E-state index contributed by atoms with van der Waals surface area (Å²) >= 11 is 0. The highest BCUT2D eigenvalue weighted by Crippen LogP contribution is 2.26. The fourth-order valence-electron chi connectivity index (χ4n) is 1.36. The van der Waals surface area contributed by atoms with Crippen molar-refractivity contribution < 1.29 is 14.3 Å². The van der Waals surface area contributed by atoms with Gasteiger partial charge in [-0.25, -0.2) is 0 Å². The van der Waals surface area contributed by atoms with Gasteiger partial charge in [-0.2, -0.15) is 0 Å². The molecule has 14 heavy (non-hydrogen) atoms. The monoisotopic (exact) mass is 194 g/mol. The second-order valence-corrected chi connectivity index (χ2v) is 3.44. The van der Waals surface area contributed by atoms with Gasteiger partial charge in [0.1, 0.15) is 6.61 Å². The number of allylic oxidation sites excluding steroid dienone is 3. The molecule has 0 aliphatic heterocycles. The number of ketones is 1. The lowest BCUT2D eigenvalue weighted by molar-refractivity contribution is -0.139. The van der Waals surface area contributed by atoms with Gasteiger partial charge in [0.15, 0.2) is 5.78 Å². The number of esters is 1. The van der Waals surface area contributed by atoms with Gasteiger partial charge in [0, 0.05) is 12.5 Å². The van der Waals surface area contributed by atoms with Gasteiger partial charge in [0.05, 0.1) is 0 Å². The fourth-order valence-corrected chi connectivity index (χ4v) is 1.36. The molecule has 1 aliphatic rings. The molecule has 0 N–H and O–H groups in total. The molecule has 0 heterocycles. The van der Waals surface area contributed by atoms with Crippen LogP contribution in [0.2, 0.25) is 0 Å². The second kappa shape index (κ2) is 4.22. The van der Waals surface area contributed by atoms with Gasteiger partial charge in [-0.3, -0.25) is 9.59 Å². The molecule has 0 atom stereocenters. The average Bonchev–Trinajstić information content (AvgIpc) is 2.33. The topological polar surface area (TPSA) is 43.4 Å². The lowest BCUT2D eigenvalue weighted by Gasteiger charge is -1.98. The average molecular weight is 194 g/mol. The molecule has 0 aromatic carbocycles. The first-order chi connectivity index (χ1) is 6.52. The number of carbonyl (C=O) groups excluding carboxylic acids is 2. The minimum absolute atomic E-state index is 0.0784. The third-order valence-corrected chi connectivity index (χ3v) is 2.34. The maximum atomic E-state index is 11.5. The van der Waals surface area contributed by atoms with Gasteiger partial charge in [-0.05, 0) is 31.9 Å². The summed E-state index contributed by atoms with van der Waals surface area (Å²) in [7, 11) is 0. The van der Waals surface area contributed by atoms with E-state index in [1.165, 1.54) is 6.92 Å². The van der Waals surface area contributed by atoms with Crippen molar-refractivity contribution in [3.8, 4) is 0 Å². The normalized spacial score (nSPS) is 19.4. The molecule has 0 amide bonds. The van der Waals surface area contributed by atoms with Gasteiger partial charge in [-0.1, -0.05) is 5.57 Å². The Morgan fingerprint density at radius 2 is 2.14 bits per heavy atom. The minimum atomic E-state index is -0.325. The first-order valence-corrected chi connectivity index (χ1v) is 4.56. The largest absolute Gasteiger partial charge is 0.462 e. The van der Waals surface area contributed by atoms with E-state index >= 15 is 0 Å². The number of carbonyl (C=O) groups is 2. The molecule has 0 saturated carbocycles. The fraction of sp³-hybridized carbons (Fsp3) is 0.455. The van der Waals surface area contributed by atoms with Crippen LogP contribution in [0.25, 0.3) is 0 Å². The molecule has 0 radical (unpaired) electrons. The van der Waals surface area contributed by atoms with Crippen molar-refractivity contribution in [1.82, 2.24) is 0 Å². The molecule has 0 aromatic heterocycles. The van der Waals surface area contributed by atoms with Gasteiger partial charge in [-0.15, -0.1) is 0 Å². The van der Waals surface area contributed by atoms with E-state index in [0.29, 0.717) is 6.42 Å². The summed E-state index contributed by atoms with van der Waals surface area (Å²) in [5.74, 6) is -0.247. The Labute approximate surface area is 83.4 Å². The van der Waals surface area contributed by atoms with Crippen molar-refractivity contribution in [3.63, 3.8) is 0 Å². The van der Waals surface area contributed by atoms with Crippen molar-refractivity contribution >= 4 is 11.8 Å². The van der Waals surface area contributed by atoms with Gasteiger partial charge >= 0.3 is 5.97 Å². The van der Waals surface area contributed by atoms with E-state index < -0.39 is 0 Å². The van der Waals surface area contributed by atoms with Crippen molar-refractivity contribution in [3.05, 3.63) is 22.8 Å². The predicted molar refractivity (Wildman–Crippen MR) is 52.7 cm³/mol. The maximum Gasteiger partial charge on any atom is 0.302 e. The zero-order chi connectivity index (χ0) is 10.7. The summed E-state index contributed by atoms with van der Waals surface area (Å²) in [5.41, 5.74) is 2.66. The lowest BCUT2D eigenvalue weighted by atomic mass is 10.1. The molecule has 3 nitrogen and oxygen atoms in total. The van der Waals surface area contributed by atoms with Crippen LogP contribution < -0.4 is 0 Å². The molecule has 0 aromatic rings. The summed E-state index contributed by atoms with van der Waals surface area (Å²) in [4.78, 5) is 22.0. The lowest BCUT2D eigenvalue weighted by Crippen LogP contribution is -2.02. The zero-order valence-electron chi connectivity index (χ0n) is 8.72. The molecule has 0 saturated heterocycles. The molecular formula is C11H14O3. The summed E-state index contributed by atoms with van der Waals surface area (Å²) in [6, 6.07) is 0. The van der Waals surface area contributed by atoms with Gasteiger partial charge in [0.25, 0.3) is 0 Å². The Hall–Kier alpha value is -1.38. The molecule has 0 fully saturated rings. The van der Waals surface area contributed by atoms with E-state index in [9.17, 15) is 9.59 Å². The summed E-state index contributed by atoms with van der Waals surface area (Å²) in [5, 5.41) is 0. The van der Waals surface area contributed by atoms with Crippen LogP contribution in [0.5, 0.6) is 0 Å². The number of ether oxygens (including phenoxy) is 1. The smallest absolute Gasteiger partial charge is 0.302 e. The van der Waals surface area contributed by atoms with E-state index in [1.807, 2.05) is 13.8 Å². The van der Waals surface area contributed by atoms with E-state index in [2.05, 4.69) is 0 Å². The summed E-state index contributed by atoms with van der Waals surface area (Å²) in [6.07, 6.45) is 2.37. The first-order valence-electron chi connectivity index (χ1n) is 4.56. The third-order valence-electron chi connectivity index (χ3n) is 2.34. The Kier molecular flexibility index (Phi) is 3.23.